The normalized spacial score (nSPS) is 12.5. The highest BCUT2D eigenvalue weighted by atomic mass is 32.2. The van der Waals surface area contributed by atoms with E-state index >= 15 is 0 Å². The van der Waals surface area contributed by atoms with Gasteiger partial charge in [0.2, 0.25) is 0 Å². The molecule has 0 saturated carbocycles. The Morgan fingerprint density at radius 3 is 1.24 bits per heavy atom. The van der Waals surface area contributed by atoms with Gasteiger partial charge >= 0.3 is 0 Å². The summed E-state index contributed by atoms with van der Waals surface area (Å²) in [4.78, 5) is 1.64. The van der Waals surface area contributed by atoms with E-state index in [1.165, 1.54) is 11.8 Å². The SMILES string of the molecule is Cc1cc(O)c(Sc2c(O)cc(C)cc2C(C)(C)C)c(C(C)(C)C)c1. The van der Waals surface area contributed by atoms with E-state index in [9.17, 15) is 10.2 Å². The molecule has 0 aliphatic rings. The molecule has 0 aliphatic carbocycles. The summed E-state index contributed by atoms with van der Waals surface area (Å²) in [6.45, 7) is 16.8. The molecule has 0 aromatic heterocycles. The molecule has 2 nitrogen and oxygen atoms in total. The van der Waals surface area contributed by atoms with Gasteiger partial charge in [0.15, 0.2) is 0 Å². The lowest BCUT2D eigenvalue weighted by molar-refractivity contribution is 0.449. The molecular formula is C22H30O2S. The number of phenols is 2. The van der Waals surface area contributed by atoms with Crippen molar-refractivity contribution in [3.8, 4) is 11.5 Å². The van der Waals surface area contributed by atoms with Crippen molar-refractivity contribution in [1.82, 2.24) is 0 Å². The third-order valence-electron chi connectivity index (χ3n) is 4.25. The van der Waals surface area contributed by atoms with E-state index in [0.29, 0.717) is 0 Å². The van der Waals surface area contributed by atoms with Gasteiger partial charge in [0.05, 0.1) is 9.79 Å². The van der Waals surface area contributed by atoms with Gasteiger partial charge in [-0.05, 0) is 59.1 Å². The predicted octanol–water partition coefficient (Wildman–Crippen LogP) is 6.46. The predicted molar refractivity (Wildman–Crippen MR) is 107 cm³/mol. The van der Waals surface area contributed by atoms with Gasteiger partial charge in [0.1, 0.15) is 11.5 Å². The fraction of sp³-hybridized carbons (Fsp3) is 0.455. The average Bonchev–Trinajstić information content (AvgIpc) is 2.40. The highest BCUT2D eigenvalue weighted by Crippen LogP contribution is 2.48. The molecule has 0 heterocycles. The number of aryl methyl sites for hydroxylation is 2. The summed E-state index contributed by atoms with van der Waals surface area (Å²) in [5.41, 5.74) is 4.05. The minimum absolute atomic E-state index is 0.103. The number of phenolic OH excluding ortho intramolecular Hbond substituents is 2. The molecule has 0 unspecified atom stereocenters. The maximum Gasteiger partial charge on any atom is 0.130 e. The number of rotatable bonds is 2. The van der Waals surface area contributed by atoms with Crippen molar-refractivity contribution in [3.05, 3.63) is 46.5 Å². The summed E-state index contributed by atoms with van der Waals surface area (Å²) >= 11 is 1.47. The summed E-state index contributed by atoms with van der Waals surface area (Å²) in [6.07, 6.45) is 0. The van der Waals surface area contributed by atoms with Gasteiger partial charge < -0.3 is 10.2 Å². The largest absolute Gasteiger partial charge is 0.507 e. The lowest BCUT2D eigenvalue weighted by Gasteiger charge is -2.27. The summed E-state index contributed by atoms with van der Waals surface area (Å²) < 4.78 is 0. The molecule has 0 spiro atoms. The fourth-order valence-electron chi connectivity index (χ4n) is 2.94. The Labute approximate surface area is 156 Å². The molecule has 2 aromatic rings. The zero-order valence-corrected chi connectivity index (χ0v) is 17.4. The zero-order chi connectivity index (χ0) is 19.2. The van der Waals surface area contributed by atoms with Crippen LogP contribution in [0.2, 0.25) is 0 Å². The molecule has 0 aliphatic heterocycles. The Hall–Kier alpha value is -1.61. The van der Waals surface area contributed by atoms with Crippen LogP contribution in [0.25, 0.3) is 0 Å². The molecule has 0 bridgehead atoms. The highest BCUT2D eigenvalue weighted by Gasteiger charge is 2.26. The molecule has 136 valence electrons. The Bertz CT molecular complexity index is 726. The third kappa shape index (κ3) is 4.33. The second-order valence-electron chi connectivity index (χ2n) is 8.92. The first-order valence-corrected chi connectivity index (χ1v) is 9.48. The molecular weight excluding hydrogens is 328 g/mol. The van der Waals surface area contributed by atoms with Gasteiger partial charge in [-0.1, -0.05) is 65.4 Å². The van der Waals surface area contributed by atoms with E-state index in [1.54, 1.807) is 12.1 Å². The quantitative estimate of drug-likeness (QED) is 0.647. The Balaban J connectivity index is 2.70. The van der Waals surface area contributed by atoms with Crippen molar-refractivity contribution in [2.75, 3.05) is 0 Å². The van der Waals surface area contributed by atoms with Gasteiger partial charge in [0.25, 0.3) is 0 Å². The molecule has 0 atom stereocenters. The number of benzene rings is 2. The summed E-state index contributed by atoms with van der Waals surface area (Å²) in [5.74, 6) is 0.546. The van der Waals surface area contributed by atoms with Gasteiger partial charge in [-0.25, -0.2) is 0 Å². The van der Waals surface area contributed by atoms with Crippen LogP contribution in [0.15, 0.2) is 34.1 Å². The minimum Gasteiger partial charge on any atom is -0.507 e. The standard InChI is InChI=1S/C22H30O2S/c1-13-9-15(21(3,4)5)19(17(23)11-13)25-20-16(22(6,7)8)10-14(2)12-18(20)24/h9-12,23-24H,1-8H3. The first-order chi connectivity index (χ1) is 11.3. The zero-order valence-electron chi connectivity index (χ0n) is 16.6. The molecule has 0 saturated heterocycles. The lowest BCUT2D eigenvalue weighted by atomic mass is 9.86. The Kier molecular flexibility index (Phi) is 5.21. The van der Waals surface area contributed by atoms with E-state index in [2.05, 4.69) is 53.7 Å². The average molecular weight is 359 g/mol. The van der Waals surface area contributed by atoms with Crippen LogP contribution in [-0.4, -0.2) is 10.2 Å². The van der Waals surface area contributed by atoms with Gasteiger partial charge in [-0.15, -0.1) is 0 Å². The first kappa shape index (κ1) is 19.7. The molecule has 2 rings (SSSR count). The number of hydrogen-bond acceptors (Lipinski definition) is 3. The van der Waals surface area contributed by atoms with Gasteiger partial charge in [0, 0.05) is 0 Å². The van der Waals surface area contributed by atoms with Gasteiger partial charge in [-0.3, -0.25) is 0 Å². The van der Waals surface area contributed by atoms with E-state index in [4.69, 9.17) is 0 Å². The molecule has 3 heteroatoms. The van der Waals surface area contributed by atoms with Crippen LogP contribution < -0.4 is 0 Å². The van der Waals surface area contributed by atoms with Crippen molar-refractivity contribution in [2.24, 2.45) is 0 Å². The smallest absolute Gasteiger partial charge is 0.130 e. The van der Waals surface area contributed by atoms with Crippen molar-refractivity contribution < 1.29 is 10.2 Å². The van der Waals surface area contributed by atoms with Gasteiger partial charge in [-0.2, -0.15) is 0 Å². The van der Waals surface area contributed by atoms with Crippen LogP contribution in [0.3, 0.4) is 0 Å². The van der Waals surface area contributed by atoms with E-state index in [0.717, 1.165) is 32.0 Å². The number of aromatic hydroxyl groups is 2. The monoisotopic (exact) mass is 358 g/mol. The summed E-state index contributed by atoms with van der Waals surface area (Å²) in [6, 6.07) is 7.84. The minimum atomic E-state index is -0.103. The molecule has 0 amide bonds. The van der Waals surface area contributed by atoms with Crippen LogP contribution >= 0.6 is 11.8 Å². The van der Waals surface area contributed by atoms with Crippen molar-refractivity contribution >= 4 is 11.8 Å². The molecule has 0 radical (unpaired) electrons. The van der Waals surface area contributed by atoms with E-state index in [1.807, 2.05) is 13.8 Å². The Morgan fingerprint density at radius 2 is 0.960 bits per heavy atom. The fourth-order valence-corrected chi connectivity index (χ4v) is 4.42. The van der Waals surface area contributed by atoms with Crippen molar-refractivity contribution in [1.29, 1.82) is 0 Å². The van der Waals surface area contributed by atoms with Crippen LogP contribution in [0.5, 0.6) is 11.5 Å². The van der Waals surface area contributed by atoms with Crippen LogP contribution in [0.4, 0.5) is 0 Å². The molecule has 2 aromatic carbocycles. The topological polar surface area (TPSA) is 40.5 Å². The van der Waals surface area contributed by atoms with Crippen LogP contribution in [0.1, 0.15) is 63.8 Å². The summed E-state index contributed by atoms with van der Waals surface area (Å²) in [7, 11) is 0. The van der Waals surface area contributed by atoms with Crippen molar-refractivity contribution in [2.45, 2.75) is 76.0 Å². The highest BCUT2D eigenvalue weighted by molar-refractivity contribution is 7.99. The van der Waals surface area contributed by atoms with E-state index < -0.39 is 0 Å². The second kappa shape index (κ2) is 6.60. The van der Waals surface area contributed by atoms with Crippen molar-refractivity contribution in [3.63, 3.8) is 0 Å². The molecule has 25 heavy (non-hydrogen) atoms. The number of hydrogen-bond donors (Lipinski definition) is 2. The summed E-state index contributed by atoms with van der Waals surface area (Å²) in [5, 5.41) is 21.3. The maximum atomic E-state index is 10.6. The third-order valence-corrected chi connectivity index (χ3v) is 5.51. The maximum absolute atomic E-state index is 10.6. The van der Waals surface area contributed by atoms with Crippen LogP contribution in [-0.2, 0) is 10.8 Å². The first-order valence-electron chi connectivity index (χ1n) is 8.66. The second-order valence-corrected chi connectivity index (χ2v) is 9.94. The van der Waals surface area contributed by atoms with Crippen LogP contribution in [0, 0.1) is 13.8 Å². The molecule has 2 N–H and O–H groups in total. The van der Waals surface area contributed by atoms with E-state index in [-0.39, 0.29) is 22.3 Å². The lowest BCUT2D eigenvalue weighted by Crippen LogP contribution is -2.15. The Morgan fingerprint density at radius 1 is 0.640 bits per heavy atom. The molecule has 0 fully saturated rings.